The van der Waals surface area contributed by atoms with Crippen molar-refractivity contribution in [3.05, 3.63) is 36.5 Å². The minimum absolute atomic E-state index is 0.226. The van der Waals surface area contributed by atoms with Gasteiger partial charge in [0.15, 0.2) is 0 Å². The lowest BCUT2D eigenvalue weighted by atomic mass is 9.45. The Hall–Kier alpha value is -1.31. The molecule has 2 nitrogen and oxygen atoms in total. The molecule has 0 radical (unpaired) electrons. The highest BCUT2D eigenvalue weighted by atomic mass is 16.4. The van der Waals surface area contributed by atoms with Gasteiger partial charge in [0.2, 0.25) is 0 Å². The second kappa shape index (κ2) is 6.45. The molecule has 25 heavy (non-hydrogen) atoms. The third-order valence-corrected chi connectivity index (χ3v) is 7.80. The molecule has 2 heteroatoms. The van der Waals surface area contributed by atoms with Crippen molar-refractivity contribution in [2.45, 2.75) is 72.1 Å². The van der Waals surface area contributed by atoms with Crippen LogP contribution in [-0.2, 0) is 4.79 Å². The van der Waals surface area contributed by atoms with E-state index in [0.29, 0.717) is 11.3 Å². The summed E-state index contributed by atoms with van der Waals surface area (Å²) in [5.41, 5.74) is 2.51. The van der Waals surface area contributed by atoms with E-state index in [9.17, 15) is 4.79 Å². The summed E-state index contributed by atoms with van der Waals surface area (Å²) in [6.07, 6.45) is 17.6. The van der Waals surface area contributed by atoms with E-state index >= 15 is 0 Å². The highest BCUT2D eigenvalue weighted by molar-refractivity contribution is 5.79. The van der Waals surface area contributed by atoms with Crippen LogP contribution in [0.4, 0.5) is 0 Å². The molecule has 2 saturated carbocycles. The summed E-state index contributed by atoms with van der Waals surface area (Å²) in [6, 6.07) is 0. The van der Waals surface area contributed by atoms with E-state index in [1.54, 1.807) is 5.57 Å². The lowest BCUT2D eigenvalue weighted by Gasteiger charge is -2.59. The number of carboxylic acids is 1. The number of carbonyl (C=O) groups is 1. The highest BCUT2D eigenvalue weighted by Crippen LogP contribution is 2.64. The predicted molar refractivity (Wildman–Crippen MR) is 103 cm³/mol. The van der Waals surface area contributed by atoms with Gasteiger partial charge in [-0.1, -0.05) is 51.0 Å². The predicted octanol–water partition coefficient (Wildman–Crippen LogP) is 6.15. The Morgan fingerprint density at radius 1 is 1.32 bits per heavy atom. The Morgan fingerprint density at radius 3 is 2.76 bits per heavy atom. The smallest absolute Gasteiger partial charge is 0.327 e. The zero-order valence-electron chi connectivity index (χ0n) is 16.2. The Morgan fingerprint density at radius 2 is 2.08 bits per heavy atom. The van der Waals surface area contributed by atoms with Gasteiger partial charge >= 0.3 is 5.97 Å². The molecule has 0 aromatic rings. The van der Waals surface area contributed by atoms with Crippen LogP contribution < -0.4 is 0 Å². The molecule has 3 aliphatic rings. The van der Waals surface area contributed by atoms with Crippen LogP contribution in [0.25, 0.3) is 0 Å². The summed E-state index contributed by atoms with van der Waals surface area (Å²) in [5.74, 6) is 0.558. The van der Waals surface area contributed by atoms with E-state index in [4.69, 9.17) is 5.11 Å². The van der Waals surface area contributed by atoms with Gasteiger partial charge in [-0.25, -0.2) is 4.79 Å². The van der Waals surface area contributed by atoms with Gasteiger partial charge in [-0.15, -0.1) is 6.58 Å². The van der Waals surface area contributed by atoms with E-state index in [1.165, 1.54) is 44.6 Å². The lowest BCUT2D eigenvalue weighted by molar-refractivity contribution is -0.131. The summed E-state index contributed by atoms with van der Waals surface area (Å²) in [6.45, 7) is 11.3. The second-order valence-electron chi connectivity index (χ2n) is 9.62. The van der Waals surface area contributed by atoms with Crippen LogP contribution in [-0.4, -0.2) is 11.1 Å². The zero-order valence-corrected chi connectivity index (χ0v) is 16.2. The third kappa shape index (κ3) is 3.25. The van der Waals surface area contributed by atoms with Gasteiger partial charge in [0, 0.05) is 6.08 Å². The molecule has 3 rings (SSSR count). The van der Waals surface area contributed by atoms with Crippen molar-refractivity contribution in [2.75, 3.05) is 0 Å². The van der Waals surface area contributed by atoms with Crippen LogP contribution in [0.3, 0.4) is 0 Å². The van der Waals surface area contributed by atoms with E-state index in [0.717, 1.165) is 18.8 Å². The lowest BCUT2D eigenvalue weighted by Crippen LogP contribution is -2.49. The zero-order chi connectivity index (χ0) is 18.3. The van der Waals surface area contributed by atoms with Crippen molar-refractivity contribution < 1.29 is 9.90 Å². The Balaban J connectivity index is 1.88. The summed E-state index contributed by atoms with van der Waals surface area (Å²) in [4.78, 5) is 10.9. The van der Waals surface area contributed by atoms with Crippen molar-refractivity contribution >= 4 is 5.97 Å². The first kappa shape index (κ1) is 18.5. The molecule has 0 aliphatic heterocycles. The molecular weight excluding hydrogens is 308 g/mol. The van der Waals surface area contributed by atoms with Gasteiger partial charge in [-0.2, -0.15) is 0 Å². The fraction of sp³-hybridized carbons (Fsp3) is 0.696. The number of carboxylic acid groups (broad SMARTS) is 1. The summed E-state index contributed by atoms with van der Waals surface area (Å²) in [5, 5.41) is 8.93. The van der Waals surface area contributed by atoms with Gasteiger partial charge in [0.25, 0.3) is 0 Å². The molecule has 0 aromatic carbocycles. The van der Waals surface area contributed by atoms with Gasteiger partial charge < -0.3 is 5.11 Å². The van der Waals surface area contributed by atoms with Crippen LogP contribution in [0, 0.1) is 28.1 Å². The molecular formula is C23H34O2. The topological polar surface area (TPSA) is 37.3 Å². The van der Waals surface area contributed by atoms with Crippen molar-refractivity contribution in [3.8, 4) is 0 Å². The van der Waals surface area contributed by atoms with E-state index < -0.39 is 5.97 Å². The first-order valence-electron chi connectivity index (χ1n) is 9.96. The van der Waals surface area contributed by atoms with Crippen LogP contribution in [0.1, 0.15) is 72.1 Å². The van der Waals surface area contributed by atoms with Gasteiger partial charge in [-0.05, 0) is 73.0 Å². The number of rotatable bonds is 4. The standard InChI is InChI=1S/C23H34O2/c1-5-21(2)15-11-18-17(16-21)9-10-19-22(3,12-6-8-20(24)25)13-7-14-23(18,19)4/h5-6,8,11,17,19H,1,7,9-10,12-16H2,2-4H3,(H,24,25)/b8-6-/t17?,19?,21-,22+,23-/m0/s1. The summed E-state index contributed by atoms with van der Waals surface area (Å²) < 4.78 is 0. The molecule has 2 unspecified atom stereocenters. The first-order chi connectivity index (χ1) is 11.7. The molecule has 0 bridgehead atoms. The maximum absolute atomic E-state index is 10.9. The average Bonchev–Trinajstić information content (AvgIpc) is 2.54. The number of aliphatic carboxylic acids is 1. The molecule has 5 atom stereocenters. The maximum atomic E-state index is 10.9. The SMILES string of the molecule is C=C[C@@]1(C)CC=C2C(CCC3[C@](C)(C/C=C\C(=O)O)CCC[C@@]23C)C1. The van der Waals surface area contributed by atoms with Crippen molar-refractivity contribution in [2.24, 2.45) is 28.1 Å². The molecule has 3 aliphatic carbocycles. The second-order valence-corrected chi connectivity index (χ2v) is 9.62. The monoisotopic (exact) mass is 342 g/mol. The molecule has 0 heterocycles. The summed E-state index contributed by atoms with van der Waals surface area (Å²) >= 11 is 0. The molecule has 0 saturated heterocycles. The Kier molecular flexibility index (Phi) is 4.77. The molecule has 1 N–H and O–H groups in total. The molecule has 0 spiro atoms. The van der Waals surface area contributed by atoms with Gasteiger partial charge in [0.05, 0.1) is 0 Å². The number of fused-ring (bicyclic) bond motifs is 3. The van der Waals surface area contributed by atoms with Gasteiger partial charge in [-0.3, -0.25) is 0 Å². The largest absolute Gasteiger partial charge is 0.478 e. The minimum atomic E-state index is -0.829. The molecule has 2 fully saturated rings. The number of hydrogen-bond acceptors (Lipinski definition) is 1. The quantitative estimate of drug-likeness (QED) is 0.491. The maximum Gasteiger partial charge on any atom is 0.327 e. The van der Waals surface area contributed by atoms with Crippen LogP contribution in [0.2, 0.25) is 0 Å². The average molecular weight is 343 g/mol. The van der Waals surface area contributed by atoms with Crippen LogP contribution in [0.5, 0.6) is 0 Å². The van der Waals surface area contributed by atoms with Crippen molar-refractivity contribution in [1.29, 1.82) is 0 Å². The molecule has 138 valence electrons. The van der Waals surface area contributed by atoms with E-state index in [2.05, 4.69) is 39.5 Å². The minimum Gasteiger partial charge on any atom is -0.478 e. The highest BCUT2D eigenvalue weighted by Gasteiger charge is 2.54. The van der Waals surface area contributed by atoms with Crippen molar-refractivity contribution in [3.63, 3.8) is 0 Å². The first-order valence-corrected chi connectivity index (χ1v) is 9.96. The summed E-state index contributed by atoms with van der Waals surface area (Å²) in [7, 11) is 0. The van der Waals surface area contributed by atoms with E-state index in [1.807, 2.05) is 6.08 Å². The number of allylic oxidation sites excluding steroid dienone is 4. The van der Waals surface area contributed by atoms with Crippen molar-refractivity contribution in [1.82, 2.24) is 0 Å². The van der Waals surface area contributed by atoms with Crippen LogP contribution >= 0.6 is 0 Å². The van der Waals surface area contributed by atoms with Gasteiger partial charge in [0.1, 0.15) is 0 Å². The fourth-order valence-corrected chi connectivity index (χ4v) is 6.42. The van der Waals surface area contributed by atoms with Crippen LogP contribution in [0.15, 0.2) is 36.5 Å². The Bertz CT molecular complexity index is 616. The fourth-order valence-electron chi connectivity index (χ4n) is 6.42. The number of hydrogen-bond donors (Lipinski definition) is 1. The molecule has 0 amide bonds. The molecule has 0 aromatic heterocycles. The third-order valence-electron chi connectivity index (χ3n) is 7.80. The Labute approximate surface area is 153 Å². The van der Waals surface area contributed by atoms with E-state index in [-0.39, 0.29) is 10.8 Å². The normalized spacial score (nSPS) is 43.9.